The van der Waals surface area contributed by atoms with E-state index in [1.54, 1.807) is 12.1 Å². The molecule has 0 aromatic heterocycles. The van der Waals surface area contributed by atoms with E-state index in [2.05, 4.69) is 5.32 Å². The van der Waals surface area contributed by atoms with Crippen molar-refractivity contribution in [3.05, 3.63) is 53.6 Å². The molecule has 120 valence electrons. The van der Waals surface area contributed by atoms with Crippen molar-refractivity contribution in [1.82, 2.24) is 0 Å². The Balaban J connectivity index is 1.58. The van der Waals surface area contributed by atoms with Crippen molar-refractivity contribution in [2.24, 2.45) is 0 Å². The summed E-state index contributed by atoms with van der Waals surface area (Å²) in [7, 11) is 0. The molecular formula is C17H15F2NO3. The minimum absolute atomic E-state index is 0.126. The fraction of sp³-hybridized carbons (Fsp3) is 0.235. The summed E-state index contributed by atoms with van der Waals surface area (Å²) in [6, 6.07) is 8.29. The van der Waals surface area contributed by atoms with Crippen LogP contribution < -0.4 is 14.8 Å². The van der Waals surface area contributed by atoms with Crippen molar-refractivity contribution in [3.8, 4) is 11.5 Å². The molecule has 6 heteroatoms. The lowest BCUT2D eigenvalue weighted by molar-refractivity contribution is -0.118. The molecule has 2 aromatic carbocycles. The first-order chi connectivity index (χ1) is 11.0. The number of rotatable bonds is 4. The molecule has 1 aliphatic heterocycles. The molecule has 1 atom stereocenters. The zero-order valence-electron chi connectivity index (χ0n) is 12.4. The van der Waals surface area contributed by atoms with Crippen LogP contribution in [0.15, 0.2) is 36.4 Å². The Labute approximate surface area is 132 Å². The summed E-state index contributed by atoms with van der Waals surface area (Å²) in [5.41, 5.74) is 1.65. The first-order valence-corrected chi connectivity index (χ1v) is 7.18. The van der Waals surface area contributed by atoms with Crippen molar-refractivity contribution < 1.29 is 23.0 Å². The Hall–Kier alpha value is -2.63. The number of hydrogen-bond donors (Lipinski definition) is 1. The van der Waals surface area contributed by atoms with Crippen molar-refractivity contribution >= 4 is 11.6 Å². The van der Waals surface area contributed by atoms with E-state index in [1.165, 1.54) is 0 Å². The van der Waals surface area contributed by atoms with E-state index >= 15 is 0 Å². The highest BCUT2D eigenvalue weighted by Crippen LogP contribution is 2.30. The number of benzene rings is 2. The van der Waals surface area contributed by atoms with Gasteiger partial charge >= 0.3 is 0 Å². The Morgan fingerprint density at radius 3 is 2.91 bits per heavy atom. The van der Waals surface area contributed by atoms with E-state index in [0.29, 0.717) is 11.8 Å². The molecule has 0 radical (unpaired) electrons. The largest absolute Gasteiger partial charge is 0.490 e. The van der Waals surface area contributed by atoms with Crippen molar-refractivity contribution in [2.45, 2.75) is 19.4 Å². The number of hydrogen-bond acceptors (Lipinski definition) is 3. The molecule has 0 spiro atoms. The van der Waals surface area contributed by atoms with Gasteiger partial charge in [0.2, 0.25) is 0 Å². The highest BCUT2D eigenvalue weighted by molar-refractivity contribution is 5.92. The second-order valence-electron chi connectivity index (χ2n) is 5.37. The van der Waals surface area contributed by atoms with Crippen LogP contribution in [0.5, 0.6) is 11.5 Å². The number of ether oxygens (including phenoxy) is 2. The van der Waals surface area contributed by atoms with Gasteiger partial charge in [-0.1, -0.05) is 0 Å². The standard InChI is InChI=1S/C17H15F2NO3/c1-10-6-11-7-13(3-5-15(11)23-10)20-17(21)9-22-16-4-2-12(18)8-14(16)19/h2-5,7-8,10H,6,9H2,1H3,(H,20,21). The highest BCUT2D eigenvalue weighted by Gasteiger charge is 2.19. The van der Waals surface area contributed by atoms with Gasteiger partial charge in [0.25, 0.3) is 5.91 Å². The number of nitrogens with one attached hydrogen (secondary N) is 1. The van der Waals surface area contributed by atoms with Crippen LogP contribution in [0, 0.1) is 11.6 Å². The summed E-state index contributed by atoms with van der Waals surface area (Å²) in [4.78, 5) is 11.9. The minimum Gasteiger partial charge on any atom is -0.490 e. The van der Waals surface area contributed by atoms with E-state index in [9.17, 15) is 13.6 Å². The SMILES string of the molecule is CC1Cc2cc(NC(=O)COc3ccc(F)cc3F)ccc2O1. The average Bonchev–Trinajstić information content (AvgIpc) is 2.85. The van der Waals surface area contributed by atoms with Crippen molar-refractivity contribution in [3.63, 3.8) is 0 Å². The number of halogens is 2. The maximum atomic E-state index is 13.4. The summed E-state index contributed by atoms with van der Waals surface area (Å²) >= 11 is 0. The molecule has 23 heavy (non-hydrogen) atoms. The van der Waals surface area contributed by atoms with E-state index in [4.69, 9.17) is 9.47 Å². The fourth-order valence-electron chi connectivity index (χ4n) is 2.43. The second kappa shape index (κ2) is 6.24. The molecule has 1 amide bonds. The smallest absolute Gasteiger partial charge is 0.262 e. The monoisotopic (exact) mass is 319 g/mol. The number of amides is 1. The molecule has 0 fully saturated rings. The van der Waals surface area contributed by atoms with E-state index in [0.717, 1.165) is 29.9 Å². The van der Waals surface area contributed by atoms with Crippen LogP contribution in [0.2, 0.25) is 0 Å². The van der Waals surface area contributed by atoms with Gasteiger partial charge in [-0.25, -0.2) is 8.78 Å². The summed E-state index contributed by atoms with van der Waals surface area (Å²) in [6.45, 7) is 1.61. The maximum Gasteiger partial charge on any atom is 0.262 e. The van der Waals surface area contributed by atoms with Gasteiger partial charge in [-0.3, -0.25) is 4.79 Å². The molecule has 1 heterocycles. The van der Waals surface area contributed by atoms with Crippen LogP contribution in [0.1, 0.15) is 12.5 Å². The average molecular weight is 319 g/mol. The highest BCUT2D eigenvalue weighted by atomic mass is 19.1. The normalized spacial score (nSPS) is 15.7. The Kier molecular flexibility index (Phi) is 4.14. The summed E-state index contributed by atoms with van der Waals surface area (Å²) in [5.74, 6) is -1.33. The third kappa shape index (κ3) is 3.59. The molecule has 1 aliphatic rings. The van der Waals surface area contributed by atoms with Crippen LogP contribution in [0.25, 0.3) is 0 Å². The lowest BCUT2D eigenvalue weighted by atomic mass is 10.1. The van der Waals surface area contributed by atoms with Crippen LogP contribution >= 0.6 is 0 Å². The Morgan fingerprint density at radius 1 is 1.30 bits per heavy atom. The predicted molar refractivity (Wildman–Crippen MR) is 80.7 cm³/mol. The fourth-order valence-corrected chi connectivity index (χ4v) is 2.43. The third-order valence-electron chi connectivity index (χ3n) is 3.43. The number of carbonyl (C=O) groups excluding carboxylic acids is 1. The van der Waals surface area contributed by atoms with Gasteiger partial charge in [0, 0.05) is 18.2 Å². The minimum atomic E-state index is -0.846. The maximum absolute atomic E-state index is 13.4. The number of anilines is 1. The summed E-state index contributed by atoms with van der Waals surface area (Å²) < 4.78 is 36.8. The Morgan fingerprint density at radius 2 is 2.13 bits per heavy atom. The first-order valence-electron chi connectivity index (χ1n) is 7.18. The van der Waals surface area contributed by atoms with Gasteiger partial charge in [-0.2, -0.15) is 0 Å². The summed E-state index contributed by atoms with van der Waals surface area (Å²) in [6.07, 6.45) is 0.914. The molecule has 3 rings (SSSR count). The van der Waals surface area contributed by atoms with Crippen LogP contribution in [0.4, 0.5) is 14.5 Å². The lowest BCUT2D eigenvalue weighted by Gasteiger charge is -2.09. The Bertz CT molecular complexity index is 749. The topological polar surface area (TPSA) is 47.6 Å². The zero-order chi connectivity index (χ0) is 16.4. The van der Waals surface area contributed by atoms with Crippen molar-refractivity contribution in [2.75, 3.05) is 11.9 Å². The lowest BCUT2D eigenvalue weighted by Crippen LogP contribution is -2.20. The van der Waals surface area contributed by atoms with Crippen LogP contribution in [-0.2, 0) is 11.2 Å². The molecule has 0 bridgehead atoms. The van der Waals surface area contributed by atoms with Gasteiger partial charge in [-0.15, -0.1) is 0 Å². The molecule has 2 aromatic rings. The molecule has 4 nitrogen and oxygen atoms in total. The van der Waals surface area contributed by atoms with Crippen molar-refractivity contribution in [1.29, 1.82) is 0 Å². The van der Waals surface area contributed by atoms with E-state index in [-0.39, 0.29) is 18.5 Å². The predicted octanol–water partition coefficient (Wildman–Crippen LogP) is 3.31. The van der Waals surface area contributed by atoms with Gasteiger partial charge < -0.3 is 14.8 Å². The molecule has 1 N–H and O–H groups in total. The van der Waals surface area contributed by atoms with Crippen LogP contribution in [-0.4, -0.2) is 18.6 Å². The van der Waals surface area contributed by atoms with E-state index < -0.39 is 17.5 Å². The van der Waals surface area contributed by atoms with Gasteiger partial charge in [0.05, 0.1) is 0 Å². The summed E-state index contributed by atoms with van der Waals surface area (Å²) in [5, 5.41) is 2.67. The second-order valence-corrected chi connectivity index (χ2v) is 5.37. The molecule has 0 saturated carbocycles. The molecular weight excluding hydrogens is 304 g/mol. The number of fused-ring (bicyclic) bond motifs is 1. The molecule has 0 saturated heterocycles. The molecule has 1 unspecified atom stereocenters. The first kappa shape index (κ1) is 15.3. The van der Waals surface area contributed by atoms with E-state index in [1.807, 2.05) is 13.0 Å². The zero-order valence-corrected chi connectivity index (χ0v) is 12.4. The molecule has 0 aliphatic carbocycles. The third-order valence-corrected chi connectivity index (χ3v) is 3.43. The van der Waals surface area contributed by atoms with Gasteiger partial charge in [0.1, 0.15) is 17.7 Å². The number of carbonyl (C=O) groups is 1. The van der Waals surface area contributed by atoms with Gasteiger partial charge in [-0.05, 0) is 42.8 Å². The quantitative estimate of drug-likeness (QED) is 0.940. The van der Waals surface area contributed by atoms with Gasteiger partial charge in [0.15, 0.2) is 18.2 Å². The van der Waals surface area contributed by atoms with Crippen LogP contribution in [0.3, 0.4) is 0 Å².